The van der Waals surface area contributed by atoms with E-state index in [-0.39, 0.29) is 0 Å². The van der Waals surface area contributed by atoms with Gasteiger partial charge in [-0.3, -0.25) is 10.7 Å². The second-order valence-electron chi connectivity index (χ2n) is 3.37. The molecule has 1 heterocycles. The normalized spacial score (nSPS) is 24.1. The Labute approximate surface area is 103 Å². The SMILES string of the molecule is CNC1(c2cc(Cl)cc(Cl)c2)N=C(N)NN1. The Bertz CT molecular complexity index is 427. The summed E-state index contributed by atoms with van der Waals surface area (Å²) in [6, 6.07) is 5.19. The van der Waals surface area contributed by atoms with Gasteiger partial charge in [-0.15, -0.1) is 0 Å². The first-order chi connectivity index (χ1) is 7.55. The standard InChI is InChI=1S/C9H11Cl2N5/c1-13-9(14-8(12)15-16-9)5-2-6(10)4-7(11)3-5/h2-4,13,16H,1H3,(H3,12,14,15). The highest BCUT2D eigenvalue weighted by molar-refractivity contribution is 6.34. The van der Waals surface area contributed by atoms with Gasteiger partial charge in [0, 0.05) is 15.6 Å². The predicted molar refractivity (Wildman–Crippen MR) is 65.1 cm³/mol. The fourth-order valence-electron chi connectivity index (χ4n) is 1.55. The molecule has 7 heteroatoms. The van der Waals surface area contributed by atoms with Crippen LogP contribution in [0.1, 0.15) is 5.56 Å². The third-order valence-electron chi connectivity index (χ3n) is 2.30. The van der Waals surface area contributed by atoms with Gasteiger partial charge in [-0.1, -0.05) is 23.2 Å². The smallest absolute Gasteiger partial charge is 0.211 e. The van der Waals surface area contributed by atoms with E-state index in [1.807, 2.05) is 0 Å². The van der Waals surface area contributed by atoms with Gasteiger partial charge in [0.1, 0.15) is 0 Å². The van der Waals surface area contributed by atoms with Crippen LogP contribution in [-0.4, -0.2) is 13.0 Å². The third-order valence-corrected chi connectivity index (χ3v) is 2.74. The van der Waals surface area contributed by atoms with E-state index in [0.717, 1.165) is 5.56 Å². The summed E-state index contributed by atoms with van der Waals surface area (Å²) in [6.07, 6.45) is 0. The molecule has 0 spiro atoms. The summed E-state index contributed by atoms with van der Waals surface area (Å²) in [5, 5.41) is 4.10. The van der Waals surface area contributed by atoms with Crippen LogP contribution >= 0.6 is 23.2 Å². The first-order valence-corrected chi connectivity index (χ1v) is 5.35. The van der Waals surface area contributed by atoms with Crippen LogP contribution in [-0.2, 0) is 5.79 Å². The topological polar surface area (TPSA) is 74.5 Å². The van der Waals surface area contributed by atoms with Gasteiger partial charge < -0.3 is 5.73 Å². The second-order valence-corrected chi connectivity index (χ2v) is 4.24. The summed E-state index contributed by atoms with van der Waals surface area (Å²) in [4.78, 5) is 4.23. The van der Waals surface area contributed by atoms with Gasteiger partial charge in [-0.05, 0) is 25.2 Å². The van der Waals surface area contributed by atoms with E-state index in [1.54, 1.807) is 25.2 Å². The number of halogens is 2. The minimum Gasteiger partial charge on any atom is -0.369 e. The van der Waals surface area contributed by atoms with Gasteiger partial charge in [-0.2, -0.15) is 5.43 Å². The summed E-state index contributed by atoms with van der Waals surface area (Å²) < 4.78 is 0. The molecule has 86 valence electrons. The maximum absolute atomic E-state index is 5.94. The van der Waals surface area contributed by atoms with Crippen LogP contribution in [0, 0.1) is 0 Å². The Hall–Kier alpha value is -1.01. The highest BCUT2D eigenvalue weighted by Crippen LogP contribution is 2.27. The summed E-state index contributed by atoms with van der Waals surface area (Å²) in [6.45, 7) is 0. The Morgan fingerprint density at radius 3 is 2.38 bits per heavy atom. The number of hydrazine groups is 1. The van der Waals surface area contributed by atoms with Crippen molar-refractivity contribution in [1.82, 2.24) is 16.2 Å². The molecule has 0 saturated carbocycles. The molecule has 0 amide bonds. The van der Waals surface area contributed by atoms with Crippen molar-refractivity contribution in [2.75, 3.05) is 7.05 Å². The zero-order valence-corrected chi connectivity index (χ0v) is 10.0. The molecular weight excluding hydrogens is 249 g/mol. The van der Waals surface area contributed by atoms with Crippen molar-refractivity contribution in [2.24, 2.45) is 10.7 Å². The average Bonchev–Trinajstić information content (AvgIpc) is 2.60. The summed E-state index contributed by atoms with van der Waals surface area (Å²) in [5.74, 6) is -0.538. The van der Waals surface area contributed by atoms with E-state index in [0.29, 0.717) is 16.0 Å². The molecule has 0 aliphatic carbocycles. The Morgan fingerprint density at radius 2 is 1.94 bits per heavy atom. The number of nitrogens with one attached hydrogen (secondary N) is 3. The van der Waals surface area contributed by atoms with Gasteiger partial charge in [0.25, 0.3) is 0 Å². The van der Waals surface area contributed by atoms with Crippen LogP contribution in [0.5, 0.6) is 0 Å². The van der Waals surface area contributed by atoms with Crippen LogP contribution in [0.3, 0.4) is 0 Å². The number of hydrogen-bond donors (Lipinski definition) is 4. The van der Waals surface area contributed by atoms with Gasteiger partial charge in [-0.25, -0.2) is 4.99 Å². The van der Waals surface area contributed by atoms with Gasteiger partial charge in [0.15, 0.2) is 0 Å². The van der Waals surface area contributed by atoms with E-state index in [1.165, 1.54) is 0 Å². The molecule has 1 aliphatic heterocycles. The first-order valence-electron chi connectivity index (χ1n) is 4.60. The molecule has 0 aromatic heterocycles. The van der Waals surface area contributed by atoms with Gasteiger partial charge >= 0.3 is 0 Å². The van der Waals surface area contributed by atoms with Crippen molar-refractivity contribution < 1.29 is 0 Å². The third kappa shape index (κ3) is 1.94. The number of nitrogens with zero attached hydrogens (tertiary/aromatic N) is 1. The van der Waals surface area contributed by atoms with Crippen LogP contribution in [0.2, 0.25) is 10.0 Å². The average molecular weight is 260 g/mol. The molecule has 5 N–H and O–H groups in total. The second kappa shape index (κ2) is 4.10. The first kappa shape index (κ1) is 11.5. The Morgan fingerprint density at radius 1 is 1.31 bits per heavy atom. The van der Waals surface area contributed by atoms with E-state index in [9.17, 15) is 0 Å². The van der Waals surface area contributed by atoms with Crippen molar-refractivity contribution >= 4 is 29.2 Å². The van der Waals surface area contributed by atoms with Crippen molar-refractivity contribution in [3.05, 3.63) is 33.8 Å². The molecule has 0 radical (unpaired) electrons. The maximum Gasteiger partial charge on any atom is 0.211 e. The number of rotatable bonds is 2. The highest BCUT2D eigenvalue weighted by atomic mass is 35.5. The lowest BCUT2D eigenvalue weighted by Gasteiger charge is -2.25. The van der Waals surface area contributed by atoms with Crippen LogP contribution in [0.25, 0.3) is 0 Å². The van der Waals surface area contributed by atoms with E-state index in [2.05, 4.69) is 21.2 Å². The van der Waals surface area contributed by atoms with Crippen molar-refractivity contribution in [2.45, 2.75) is 5.79 Å². The molecule has 1 aliphatic rings. The Kier molecular flexibility index (Phi) is 2.94. The lowest BCUT2D eigenvalue weighted by atomic mass is 10.1. The van der Waals surface area contributed by atoms with Crippen LogP contribution in [0.15, 0.2) is 23.2 Å². The number of benzene rings is 1. The maximum atomic E-state index is 5.94. The quantitative estimate of drug-likeness (QED) is 0.633. The lowest BCUT2D eigenvalue weighted by Crippen LogP contribution is -2.52. The van der Waals surface area contributed by atoms with Crippen LogP contribution < -0.4 is 21.9 Å². The van der Waals surface area contributed by atoms with Crippen molar-refractivity contribution in [1.29, 1.82) is 0 Å². The largest absolute Gasteiger partial charge is 0.369 e. The lowest BCUT2D eigenvalue weighted by molar-refractivity contribution is 0.305. The molecule has 0 fully saturated rings. The number of nitrogens with two attached hydrogens (primary N) is 1. The molecular formula is C9H11Cl2N5. The van der Waals surface area contributed by atoms with Crippen molar-refractivity contribution in [3.63, 3.8) is 0 Å². The molecule has 2 rings (SSSR count). The predicted octanol–water partition coefficient (Wildman–Crippen LogP) is 0.746. The summed E-state index contributed by atoms with van der Waals surface area (Å²) >= 11 is 11.9. The number of hydrogen-bond acceptors (Lipinski definition) is 5. The molecule has 0 bridgehead atoms. The fourth-order valence-corrected chi connectivity index (χ4v) is 2.08. The molecule has 1 aromatic rings. The van der Waals surface area contributed by atoms with E-state index in [4.69, 9.17) is 28.9 Å². The fraction of sp³-hybridized carbons (Fsp3) is 0.222. The molecule has 16 heavy (non-hydrogen) atoms. The molecule has 1 atom stereocenters. The van der Waals surface area contributed by atoms with Crippen LogP contribution in [0.4, 0.5) is 0 Å². The van der Waals surface area contributed by atoms with Gasteiger partial charge in [0.2, 0.25) is 11.7 Å². The van der Waals surface area contributed by atoms with E-state index < -0.39 is 5.79 Å². The minimum absolute atomic E-state index is 0.297. The molecule has 1 aromatic carbocycles. The number of guanidine groups is 1. The molecule has 1 unspecified atom stereocenters. The number of aliphatic imine (C=N–C) groups is 1. The van der Waals surface area contributed by atoms with E-state index >= 15 is 0 Å². The monoisotopic (exact) mass is 259 g/mol. The van der Waals surface area contributed by atoms with Gasteiger partial charge in [0.05, 0.1) is 0 Å². The molecule has 0 saturated heterocycles. The minimum atomic E-state index is -0.835. The zero-order chi connectivity index (χ0) is 11.8. The summed E-state index contributed by atoms with van der Waals surface area (Å²) in [7, 11) is 1.76. The van der Waals surface area contributed by atoms with Crippen molar-refractivity contribution in [3.8, 4) is 0 Å². The Balaban J connectivity index is 2.49. The molecule has 5 nitrogen and oxygen atoms in total. The highest BCUT2D eigenvalue weighted by Gasteiger charge is 2.34. The zero-order valence-electron chi connectivity index (χ0n) is 8.51. The summed E-state index contributed by atoms with van der Waals surface area (Å²) in [5.41, 5.74) is 12.0.